The second-order valence-corrected chi connectivity index (χ2v) is 6.90. The highest BCUT2D eigenvalue weighted by molar-refractivity contribution is 5.73. The average Bonchev–Trinajstić information content (AvgIpc) is 3.31. The predicted octanol–water partition coefficient (Wildman–Crippen LogP) is 3.36. The van der Waals surface area contributed by atoms with Gasteiger partial charge in [-0.05, 0) is 41.8 Å². The molecule has 3 aromatic rings. The molecule has 0 saturated heterocycles. The summed E-state index contributed by atoms with van der Waals surface area (Å²) in [5.41, 5.74) is 2.84. The van der Waals surface area contributed by atoms with E-state index in [0.29, 0.717) is 42.7 Å². The number of amides is 2. The topological polar surface area (TPSA) is 98.5 Å². The Morgan fingerprint density at radius 3 is 2.59 bits per heavy atom. The van der Waals surface area contributed by atoms with Gasteiger partial charge < -0.3 is 24.6 Å². The highest BCUT2D eigenvalue weighted by atomic mass is 16.5. The van der Waals surface area contributed by atoms with Crippen LogP contribution in [0.5, 0.6) is 11.5 Å². The van der Waals surface area contributed by atoms with E-state index >= 15 is 0 Å². The number of methoxy groups -OCH3 is 1. The average molecular weight is 434 g/mol. The number of ether oxygens (including phenoxy) is 2. The van der Waals surface area contributed by atoms with E-state index in [2.05, 4.69) is 26.7 Å². The van der Waals surface area contributed by atoms with E-state index in [-0.39, 0.29) is 12.6 Å². The third-order valence-electron chi connectivity index (χ3n) is 4.68. The van der Waals surface area contributed by atoms with Gasteiger partial charge in [-0.25, -0.2) is 4.79 Å². The van der Waals surface area contributed by atoms with Crippen molar-refractivity contribution < 1.29 is 18.8 Å². The SMILES string of the molecule is C#CCOc1cc(CNC(=O)NCCc2ccc(-c3nc(CC)no3)cc2)ccc1OC. The molecule has 0 fully saturated rings. The third-order valence-corrected chi connectivity index (χ3v) is 4.68. The Balaban J connectivity index is 1.44. The van der Waals surface area contributed by atoms with Crippen molar-refractivity contribution in [2.45, 2.75) is 26.3 Å². The van der Waals surface area contributed by atoms with Crippen molar-refractivity contribution >= 4 is 6.03 Å². The van der Waals surface area contributed by atoms with E-state index in [1.165, 1.54) is 0 Å². The van der Waals surface area contributed by atoms with Gasteiger partial charge in [-0.15, -0.1) is 6.42 Å². The molecule has 2 N–H and O–H groups in total. The number of aryl methyl sites for hydroxylation is 1. The van der Waals surface area contributed by atoms with Crippen LogP contribution in [-0.2, 0) is 19.4 Å². The summed E-state index contributed by atoms with van der Waals surface area (Å²) in [7, 11) is 1.56. The lowest BCUT2D eigenvalue weighted by atomic mass is 10.1. The molecule has 166 valence electrons. The first-order valence-electron chi connectivity index (χ1n) is 10.3. The van der Waals surface area contributed by atoms with Crippen molar-refractivity contribution in [2.75, 3.05) is 20.3 Å². The molecule has 32 heavy (non-hydrogen) atoms. The lowest BCUT2D eigenvalue weighted by Crippen LogP contribution is -2.36. The van der Waals surface area contributed by atoms with Gasteiger partial charge >= 0.3 is 6.03 Å². The maximum absolute atomic E-state index is 12.1. The van der Waals surface area contributed by atoms with Crippen LogP contribution in [0.3, 0.4) is 0 Å². The van der Waals surface area contributed by atoms with E-state index in [1.807, 2.05) is 37.3 Å². The minimum Gasteiger partial charge on any atom is -0.493 e. The van der Waals surface area contributed by atoms with Gasteiger partial charge in [-0.1, -0.05) is 36.2 Å². The first-order valence-corrected chi connectivity index (χ1v) is 10.3. The van der Waals surface area contributed by atoms with Crippen LogP contribution in [-0.4, -0.2) is 36.4 Å². The monoisotopic (exact) mass is 434 g/mol. The fourth-order valence-corrected chi connectivity index (χ4v) is 2.96. The molecular formula is C24H26N4O4. The number of carbonyl (C=O) groups excluding carboxylic acids is 1. The molecular weight excluding hydrogens is 408 g/mol. The fraction of sp³-hybridized carbons (Fsp3) is 0.292. The van der Waals surface area contributed by atoms with Crippen LogP contribution in [0.25, 0.3) is 11.5 Å². The van der Waals surface area contributed by atoms with Gasteiger partial charge in [0.25, 0.3) is 5.89 Å². The van der Waals surface area contributed by atoms with Gasteiger partial charge in [-0.3, -0.25) is 0 Å². The maximum atomic E-state index is 12.1. The van der Waals surface area contributed by atoms with Gasteiger partial charge in [0.1, 0.15) is 6.61 Å². The summed E-state index contributed by atoms with van der Waals surface area (Å²) in [6.07, 6.45) is 6.67. The van der Waals surface area contributed by atoms with Crippen molar-refractivity contribution in [2.24, 2.45) is 0 Å². The smallest absolute Gasteiger partial charge is 0.315 e. The van der Waals surface area contributed by atoms with Crippen LogP contribution in [0, 0.1) is 12.3 Å². The molecule has 1 heterocycles. The minimum atomic E-state index is -0.249. The zero-order valence-electron chi connectivity index (χ0n) is 18.2. The first kappa shape index (κ1) is 22.7. The van der Waals surface area contributed by atoms with E-state index in [4.69, 9.17) is 20.4 Å². The molecule has 0 radical (unpaired) electrons. The summed E-state index contributed by atoms with van der Waals surface area (Å²) >= 11 is 0. The van der Waals surface area contributed by atoms with Gasteiger partial charge in [0.05, 0.1) is 7.11 Å². The molecule has 0 aliphatic heterocycles. The van der Waals surface area contributed by atoms with Crippen LogP contribution in [0.15, 0.2) is 47.0 Å². The Hall–Kier alpha value is -3.99. The molecule has 2 aromatic carbocycles. The Bertz CT molecular complexity index is 1070. The Morgan fingerprint density at radius 2 is 1.91 bits per heavy atom. The predicted molar refractivity (Wildman–Crippen MR) is 120 cm³/mol. The number of terminal acetylenes is 1. The first-order chi connectivity index (χ1) is 15.6. The molecule has 2 amide bonds. The fourth-order valence-electron chi connectivity index (χ4n) is 2.96. The molecule has 0 aliphatic rings. The van der Waals surface area contributed by atoms with Gasteiger partial charge in [0.15, 0.2) is 17.3 Å². The number of rotatable bonds is 10. The zero-order valence-corrected chi connectivity index (χ0v) is 18.2. The number of aromatic nitrogens is 2. The Labute approximate surface area is 187 Å². The number of urea groups is 1. The number of nitrogens with zero attached hydrogens (tertiary/aromatic N) is 2. The lowest BCUT2D eigenvalue weighted by molar-refractivity contribution is 0.240. The Morgan fingerprint density at radius 1 is 1.12 bits per heavy atom. The number of hydrogen-bond acceptors (Lipinski definition) is 6. The van der Waals surface area contributed by atoms with Gasteiger partial charge in [-0.2, -0.15) is 4.98 Å². The van der Waals surface area contributed by atoms with E-state index in [9.17, 15) is 4.79 Å². The third kappa shape index (κ3) is 6.25. The summed E-state index contributed by atoms with van der Waals surface area (Å²) < 4.78 is 16.0. The molecule has 0 aliphatic carbocycles. The molecule has 1 aromatic heterocycles. The summed E-state index contributed by atoms with van der Waals surface area (Å²) in [6, 6.07) is 13.0. The molecule has 0 saturated carbocycles. The number of benzene rings is 2. The quantitative estimate of drug-likeness (QED) is 0.475. The van der Waals surface area contributed by atoms with Crippen molar-refractivity contribution in [3.63, 3.8) is 0 Å². The number of hydrogen-bond donors (Lipinski definition) is 2. The second kappa shape index (κ2) is 11.4. The van der Waals surface area contributed by atoms with Crippen LogP contribution in [0.1, 0.15) is 23.9 Å². The number of carbonyl (C=O) groups is 1. The van der Waals surface area contributed by atoms with Gasteiger partial charge in [0, 0.05) is 25.1 Å². The molecule has 8 nitrogen and oxygen atoms in total. The lowest BCUT2D eigenvalue weighted by Gasteiger charge is -2.12. The highest BCUT2D eigenvalue weighted by Crippen LogP contribution is 2.28. The maximum Gasteiger partial charge on any atom is 0.315 e. The normalized spacial score (nSPS) is 10.3. The van der Waals surface area contributed by atoms with E-state index in [1.54, 1.807) is 19.2 Å². The molecule has 0 spiro atoms. The Kier molecular flexibility index (Phi) is 8.09. The van der Waals surface area contributed by atoms with Gasteiger partial charge in [0.2, 0.25) is 0 Å². The zero-order chi connectivity index (χ0) is 22.8. The van der Waals surface area contributed by atoms with Crippen molar-refractivity contribution in [3.05, 3.63) is 59.4 Å². The van der Waals surface area contributed by atoms with Crippen molar-refractivity contribution in [1.82, 2.24) is 20.8 Å². The van der Waals surface area contributed by atoms with Crippen molar-refractivity contribution in [1.29, 1.82) is 0 Å². The van der Waals surface area contributed by atoms with E-state index < -0.39 is 0 Å². The molecule has 0 unspecified atom stereocenters. The molecule has 8 heteroatoms. The summed E-state index contributed by atoms with van der Waals surface area (Å²) in [5, 5.41) is 9.59. The molecule has 0 atom stereocenters. The largest absolute Gasteiger partial charge is 0.493 e. The second-order valence-electron chi connectivity index (χ2n) is 6.90. The van der Waals surface area contributed by atoms with Crippen molar-refractivity contribution in [3.8, 4) is 35.3 Å². The summed E-state index contributed by atoms with van der Waals surface area (Å²) in [6.45, 7) is 2.97. The molecule has 0 bridgehead atoms. The minimum absolute atomic E-state index is 0.142. The summed E-state index contributed by atoms with van der Waals surface area (Å²) in [5.74, 6) is 4.75. The van der Waals surface area contributed by atoms with Crippen LogP contribution >= 0.6 is 0 Å². The molecule has 3 rings (SSSR count). The number of nitrogens with one attached hydrogen (secondary N) is 2. The summed E-state index contributed by atoms with van der Waals surface area (Å²) in [4.78, 5) is 16.4. The van der Waals surface area contributed by atoms with Crippen LogP contribution in [0.4, 0.5) is 4.79 Å². The standard InChI is InChI=1S/C24H26N4O4/c1-4-14-31-21-15-18(8-11-20(21)30-3)16-26-24(29)25-13-12-17-6-9-19(10-7-17)23-27-22(5-2)28-32-23/h1,6-11,15H,5,12-14,16H2,2-3H3,(H2,25,26,29). The van der Waals surface area contributed by atoms with Crippen LogP contribution < -0.4 is 20.1 Å². The van der Waals surface area contributed by atoms with E-state index in [0.717, 1.165) is 23.1 Å². The highest BCUT2D eigenvalue weighted by Gasteiger charge is 2.09. The van der Waals surface area contributed by atoms with Crippen LogP contribution in [0.2, 0.25) is 0 Å².